The molecular formula is C31H42FN5O2S. The normalized spacial score (nSPS) is 21.3. The quantitative estimate of drug-likeness (QED) is 0.391. The average molecular weight is 568 g/mol. The van der Waals surface area contributed by atoms with Crippen molar-refractivity contribution in [3.8, 4) is 5.69 Å². The van der Waals surface area contributed by atoms with Crippen LogP contribution in [0.4, 0.5) is 4.39 Å². The molecule has 1 amide bonds. The van der Waals surface area contributed by atoms with Crippen LogP contribution >= 0.6 is 0 Å². The smallest absolute Gasteiger partial charge is 0.219 e. The Bertz CT molecular complexity index is 1510. The molecule has 0 spiro atoms. The summed E-state index contributed by atoms with van der Waals surface area (Å²) in [6.45, 7) is 13.4. The van der Waals surface area contributed by atoms with Crippen LogP contribution in [0.1, 0.15) is 58.1 Å². The Hall–Kier alpha value is -2.78. The van der Waals surface area contributed by atoms with Gasteiger partial charge in [-0.2, -0.15) is 0 Å². The zero-order chi connectivity index (χ0) is 28.8. The SMILES string of the molecule is CC(=O)N1CCC([C@@H](C)N2CC[C@H](Cc3cn(-c4ccc(F)cc4S(=N)(=O)C(C)C)c4cncc(C)c34)C2)CC1. The second-order valence-electron chi connectivity index (χ2n) is 12.1. The van der Waals surface area contributed by atoms with Crippen molar-refractivity contribution in [1.82, 2.24) is 19.4 Å². The number of benzene rings is 1. The molecule has 5 rings (SSSR count). The molecule has 0 saturated carbocycles. The summed E-state index contributed by atoms with van der Waals surface area (Å²) in [5, 5.41) is 0.685. The molecule has 7 nitrogen and oxygen atoms in total. The van der Waals surface area contributed by atoms with Crippen molar-refractivity contribution >= 4 is 26.5 Å². The van der Waals surface area contributed by atoms with E-state index < -0.39 is 20.8 Å². The molecule has 1 N–H and O–H groups in total. The summed E-state index contributed by atoms with van der Waals surface area (Å²) in [6, 6.07) is 4.77. The first kappa shape index (κ1) is 28.7. The largest absolute Gasteiger partial charge is 0.343 e. The molecule has 0 bridgehead atoms. The standard InChI is InChI=1S/C31H42FN5O2S/c1-20(2)40(33,39)30-15-27(32)6-7-28(30)37-19-26(31-21(3)16-34-17-29(31)37)14-24-8-11-36(18-24)22(4)25-9-12-35(13-10-25)23(5)38/h6-7,15-17,19-20,22,24-25,33H,8-14,18H2,1-5H3/t22-,24-,40?/m1/s1. The summed E-state index contributed by atoms with van der Waals surface area (Å²) < 4.78 is 38.4. The topological polar surface area (TPSA) is 82.3 Å². The third-order valence-corrected chi connectivity index (χ3v) is 11.5. The predicted molar refractivity (Wildman–Crippen MR) is 158 cm³/mol. The molecule has 1 unspecified atom stereocenters. The minimum Gasteiger partial charge on any atom is -0.343 e. The molecule has 40 heavy (non-hydrogen) atoms. The van der Waals surface area contributed by atoms with Gasteiger partial charge >= 0.3 is 0 Å². The summed E-state index contributed by atoms with van der Waals surface area (Å²) in [5.41, 5.74) is 3.76. The zero-order valence-corrected chi connectivity index (χ0v) is 25.1. The Morgan fingerprint density at radius 1 is 1.15 bits per heavy atom. The number of nitrogens with zero attached hydrogens (tertiary/aromatic N) is 4. The lowest BCUT2D eigenvalue weighted by Crippen LogP contribution is -2.44. The Labute approximate surface area is 237 Å². The highest BCUT2D eigenvalue weighted by molar-refractivity contribution is 7.93. The van der Waals surface area contributed by atoms with E-state index in [4.69, 9.17) is 4.78 Å². The van der Waals surface area contributed by atoms with Crippen LogP contribution in [0.2, 0.25) is 0 Å². The van der Waals surface area contributed by atoms with Crippen LogP contribution in [0.25, 0.3) is 16.6 Å². The highest BCUT2D eigenvalue weighted by atomic mass is 32.2. The Morgan fingerprint density at radius 3 is 2.55 bits per heavy atom. The Kier molecular flexibility index (Phi) is 8.08. The summed E-state index contributed by atoms with van der Waals surface area (Å²) in [7, 11) is -3.22. The molecular weight excluding hydrogens is 525 g/mol. The van der Waals surface area contributed by atoms with Crippen LogP contribution in [-0.4, -0.2) is 66.9 Å². The number of likely N-dealkylation sites (tertiary alicyclic amines) is 2. The van der Waals surface area contributed by atoms with Crippen LogP contribution in [0.3, 0.4) is 0 Å². The summed E-state index contributed by atoms with van der Waals surface area (Å²) in [5.74, 6) is 0.814. The maximum Gasteiger partial charge on any atom is 0.219 e. The van der Waals surface area contributed by atoms with E-state index in [1.165, 1.54) is 17.7 Å². The summed E-state index contributed by atoms with van der Waals surface area (Å²) in [6.07, 6.45) is 9.96. The average Bonchev–Trinajstić information content (AvgIpc) is 3.54. The van der Waals surface area contributed by atoms with Gasteiger partial charge < -0.3 is 14.4 Å². The first-order valence-corrected chi connectivity index (χ1v) is 16.1. The minimum atomic E-state index is -3.22. The van der Waals surface area contributed by atoms with Crippen molar-refractivity contribution in [2.75, 3.05) is 26.2 Å². The highest BCUT2D eigenvalue weighted by Crippen LogP contribution is 2.35. The number of aryl methyl sites for hydroxylation is 1. The van der Waals surface area contributed by atoms with Gasteiger partial charge in [0.05, 0.1) is 32.0 Å². The van der Waals surface area contributed by atoms with E-state index in [1.807, 2.05) is 21.9 Å². The number of carbonyl (C=O) groups is 1. The van der Waals surface area contributed by atoms with Crippen LogP contribution in [0.5, 0.6) is 0 Å². The van der Waals surface area contributed by atoms with Gasteiger partial charge in [0.2, 0.25) is 5.91 Å². The van der Waals surface area contributed by atoms with E-state index in [1.54, 1.807) is 26.8 Å². The molecule has 3 aromatic rings. The molecule has 2 aliphatic rings. The molecule has 0 aliphatic carbocycles. The summed E-state index contributed by atoms with van der Waals surface area (Å²) in [4.78, 5) is 21.0. The van der Waals surface area contributed by atoms with Crippen molar-refractivity contribution in [3.05, 3.63) is 53.7 Å². The van der Waals surface area contributed by atoms with Gasteiger partial charge in [0.1, 0.15) is 5.82 Å². The molecule has 216 valence electrons. The van der Waals surface area contributed by atoms with Gasteiger partial charge in [-0.25, -0.2) is 13.4 Å². The van der Waals surface area contributed by atoms with Gasteiger partial charge in [-0.05, 0) is 101 Å². The monoisotopic (exact) mass is 567 g/mol. The fraction of sp³-hybridized carbons (Fsp3) is 0.548. The Morgan fingerprint density at radius 2 is 1.88 bits per heavy atom. The number of rotatable bonds is 7. The lowest BCUT2D eigenvalue weighted by Gasteiger charge is -2.38. The van der Waals surface area contributed by atoms with Gasteiger partial charge in [-0.3, -0.25) is 9.78 Å². The third kappa shape index (κ3) is 5.42. The number of piperidine rings is 1. The number of halogens is 1. The highest BCUT2D eigenvalue weighted by Gasteiger charge is 2.33. The number of carbonyl (C=O) groups excluding carboxylic acids is 1. The van der Waals surface area contributed by atoms with E-state index in [0.717, 1.165) is 68.3 Å². The number of pyridine rings is 1. The molecule has 2 aliphatic heterocycles. The third-order valence-electron chi connectivity index (χ3n) is 9.22. The van der Waals surface area contributed by atoms with Crippen LogP contribution < -0.4 is 0 Å². The van der Waals surface area contributed by atoms with Crippen molar-refractivity contribution in [3.63, 3.8) is 0 Å². The lowest BCUT2D eigenvalue weighted by atomic mass is 9.89. The van der Waals surface area contributed by atoms with E-state index >= 15 is 0 Å². The minimum absolute atomic E-state index is 0.180. The van der Waals surface area contributed by atoms with E-state index in [9.17, 15) is 13.4 Å². The molecule has 0 radical (unpaired) electrons. The predicted octanol–water partition coefficient (Wildman–Crippen LogP) is 5.80. The van der Waals surface area contributed by atoms with Crippen molar-refractivity contribution in [1.29, 1.82) is 4.78 Å². The number of hydrogen-bond donors (Lipinski definition) is 1. The summed E-state index contributed by atoms with van der Waals surface area (Å²) >= 11 is 0. The molecule has 2 fully saturated rings. The fourth-order valence-corrected chi connectivity index (χ4v) is 7.96. The van der Waals surface area contributed by atoms with Gasteiger partial charge in [0.25, 0.3) is 0 Å². The van der Waals surface area contributed by atoms with Gasteiger partial charge in [-0.1, -0.05) is 0 Å². The molecule has 2 aromatic heterocycles. The van der Waals surface area contributed by atoms with Crippen LogP contribution in [-0.2, 0) is 20.9 Å². The first-order valence-electron chi connectivity index (χ1n) is 14.5. The second kappa shape index (κ2) is 11.2. The maximum absolute atomic E-state index is 14.3. The van der Waals surface area contributed by atoms with Gasteiger partial charge in [0.15, 0.2) is 0 Å². The maximum atomic E-state index is 14.3. The van der Waals surface area contributed by atoms with E-state index in [-0.39, 0.29) is 10.8 Å². The number of fused-ring (bicyclic) bond motifs is 1. The van der Waals surface area contributed by atoms with Gasteiger partial charge in [0, 0.05) is 55.6 Å². The van der Waals surface area contributed by atoms with Gasteiger partial charge in [-0.15, -0.1) is 0 Å². The fourth-order valence-electron chi connectivity index (χ4n) is 6.68. The number of aromatic nitrogens is 2. The molecule has 2 saturated heterocycles. The van der Waals surface area contributed by atoms with Crippen molar-refractivity contribution < 1.29 is 13.4 Å². The molecule has 3 atom stereocenters. The Balaban J connectivity index is 1.41. The van der Waals surface area contributed by atoms with E-state index in [2.05, 4.69) is 29.9 Å². The first-order chi connectivity index (χ1) is 19.0. The second-order valence-corrected chi connectivity index (χ2v) is 14.7. The van der Waals surface area contributed by atoms with Crippen LogP contribution in [0.15, 0.2) is 41.7 Å². The molecule has 9 heteroatoms. The van der Waals surface area contributed by atoms with Crippen molar-refractivity contribution in [2.45, 2.75) is 76.5 Å². The number of nitrogens with one attached hydrogen (secondary N) is 1. The lowest BCUT2D eigenvalue weighted by molar-refractivity contribution is -0.130. The molecule has 4 heterocycles. The van der Waals surface area contributed by atoms with Crippen molar-refractivity contribution in [2.24, 2.45) is 11.8 Å². The van der Waals surface area contributed by atoms with E-state index in [0.29, 0.717) is 23.6 Å². The molecule has 1 aromatic carbocycles. The van der Waals surface area contributed by atoms with Crippen LogP contribution in [0, 0.1) is 29.4 Å². The number of amides is 1. The zero-order valence-electron chi connectivity index (χ0n) is 24.3. The number of hydrogen-bond acceptors (Lipinski definition) is 5.